The van der Waals surface area contributed by atoms with E-state index in [2.05, 4.69) is 18.8 Å². The Morgan fingerprint density at radius 3 is 3.06 bits per heavy atom. The molecule has 2 heterocycles. The standard InChI is InChI=1S/C14H22N2O2/c1-10(2)12-9-14(17,5-7-18-12)8-11-4-3-6-16-13(11)15/h3-4,6,10,12,17H,5,7-9H2,1-2H3,(H2,15,16). The van der Waals surface area contributed by atoms with E-state index in [4.69, 9.17) is 10.5 Å². The van der Waals surface area contributed by atoms with Gasteiger partial charge in [0.2, 0.25) is 0 Å². The van der Waals surface area contributed by atoms with Crippen LogP contribution in [0.4, 0.5) is 5.82 Å². The summed E-state index contributed by atoms with van der Waals surface area (Å²) in [6, 6.07) is 3.79. The number of ether oxygens (including phenoxy) is 1. The van der Waals surface area contributed by atoms with Gasteiger partial charge in [0.15, 0.2) is 0 Å². The fourth-order valence-electron chi connectivity index (χ4n) is 2.48. The lowest BCUT2D eigenvalue weighted by Gasteiger charge is -2.38. The molecular weight excluding hydrogens is 228 g/mol. The summed E-state index contributed by atoms with van der Waals surface area (Å²) in [6.45, 7) is 4.85. The van der Waals surface area contributed by atoms with Crippen LogP contribution in [0.15, 0.2) is 18.3 Å². The topological polar surface area (TPSA) is 68.4 Å². The van der Waals surface area contributed by atoms with Crippen molar-refractivity contribution in [2.24, 2.45) is 5.92 Å². The summed E-state index contributed by atoms with van der Waals surface area (Å²) in [5.74, 6) is 0.932. The summed E-state index contributed by atoms with van der Waals surface area (Å²) in [4.78, 5) is 4.07. The molecule has 0 amide bonds. The zero-order chi connectivity index (χ0) is 13.2. The number of hydrogen-bond acceptors (Lipinski definition) is 4. The molecule has 2 rings (SSSR count). The van der Waals surface area contributed by atoms with Gasteiger partial charge in [-0.3, -0.25) is 0 Å². The average Bonchev–Trinajstić information content (AvgIpc) is 2.32. The second-order valence-electron chi connectivity index (χ2n) is 5.56. The van der Waals surface area contributed by atoms with E-state index in [9.17, 15) is 5.11 Å². The van der Waals surface area contributed by atoms with Gasteiger partial charge >= 0.3 is 0 Å². The lowest BCUT2D eigenvalue weighted by molar-refractivity contribution is -0.116. The minimum Gasteiger partial charge on any atom is -0.389 e. The van der Waals surface area contributed by atoms with Gasteiger partial charge < -0.3 is 15.6 Å². The smallest absolute Gasteiger partial charge is 0.126 e. The van der Waals surface area contributed by atoms with E-state index in [0.717, 1.165) is 5.56 Å². The van der Waals surface area contributed by atoms with Crippen molar-refractivity contribution in [3.8, 4) is 0 Å². The number of nitrogens with two attached hydrogens (primary N) is 1. The molecule has 1 aliphatic heterocycles. The number of rotatable bonds is 3. The summed E-state index contributed by atoms with van der Waals surface area (Å²) < 4.78 is 5.70. The Morgan fingerprint density at radius 2 is 2.39 bits per heavy atom. The molecule has 0 radical (unpaired) electrons. The molecule has 4 nitrogen and oxygen atoms in total. The van der Waals surface area contributed by atoms with Crippen molar-refractivity contribution in [3.63, 3.8) is 0 Å². The molecule has 2 unspecified atom stereocenters. The second-order valence-corrected chi connectivity index (χ2v) is 5.56. The second kappa shape index (κ2) is 5.24. The maximum absolute atomic E-state index is 10.7. The molecule has 0 spiro atoms. The highest BCUT2D eigenvalue weighted by molar-refractivity contribution is 5.39. The van der Waals surface area contributed by atoms with Gasteiger partial charge in [-0.25, -0.2) is 4.98 Å². The van der Waals surface area contributed by atoms with Crippen LogP contribution in [0, 0.1) is 5.92 Å². The van der Waals surface area contributed by atoms with Gasteiger partial charge in [-0.1, -0.05) is 19.9 Å². The Labute approximate surface area is 108 Å². The minimum absolute atomic E-state index is 0.127. The number of aliphatic hydroxyl groups is 1. The summed E-state index contributed by atoms with van der Waals surface area (Å²) in [5, 5.41) is 10.7. The van der Waals surface area contributed by atoms with E-state index in [-0.39, 0.29) is 6.10 Å². The Hall–Kier alpha value is -1.13. The molecule has 4 heteroatoms. The van der Waals surface area contributed by atoms with Gasteiger partial charge in [-0.15, -0.1) is 0 Å². The number of anilines is 1. The first-order valence-corrected chi connectivity index (χ1v) is 6.53. The number of aromatic nitrogens is 1. The average molecular weight is 250 g/mol. The largest absolute Gasteiger partial charge is 0.389 e. The zero-order valence-corrected chi connectivity index (χ0v) is 11.1. The molecule has 3 N–H and O–H groups in total. The molecule has 100 valence electrons. The quantitative estimate of drug-likeness (QED) is 0.858. The summed E-state index contributed by atoms with van der Waals surface area (Å²) in [7, 11) is 0. The van der Waals surface area contributed by atoms with Crippen LogP contribution < -0.4 is 5.73 Å². The maximum Gasteiger partial charge on any atom is 0.126 e. The van der Waals surface area contributed by atoms with Crippen molar-refractivity contribution in [1.29, 1.82) is 0 Å². The molecule has 2 atom stereocenters. The highest BCUT2D eigenvalue weighted by Gasteiger charge is 2.36. The van der Waals surface area contributed by atoms with Crippen molar-refractivity contribution in [2.45, 2.75) is 44.8 Å². The zero-order valence-electron chi connectivity index (χ0n) is 11.1. The van der Waals surface area contributed by atoms with Gasteiger partial charge in [-0.2, -0.15) is 0 Å². The Morgan fingerprint density at radius 1 is 1.61 bits per heavy atom. The Bertz CT molecular complexity index is 409. The van der Waals surface area contributed by atoms with Crippen LogP contribution in [0.5, 0.6) is 0 Å². The third-order valence-electron chi connectivity index (χ3n) is 3.67. The van der Waals surface area contributed by atoms with Gasteiger partial charge in [0.25, 0.3) is 0 Å². The van der Waals surface area contributed by atoms with Crippen molar-refractivity contribution < 1.29 is 9.84 Å². The number of pyridine rings is 1. The van der Waals surface area contributed by atoms with Crippen molar-refractivity contribution in [1.82, 2.24) is 4.98 Å². The van der Waals surface area contributed by atoms with Crippen molar-refractivity contribution in [2.75, 3.05) is 12.3 Å². The van der Waals surface area contributed by atoms with Gasteiger partial charge in [-0.05, 0) is 24.0 Å². The Kier molecular flexibility index (Phi) is 3.88. The molecule has 18 heavy (non-hydrogen) atoms. The minimum atomic E-state index is -0.718. The summed E-state index contributed by atoms with van der Waals surface area (Å²) >= 11 is 0. The third-order valence-corrected chi connectivity index (χ3v) is 3.67. The Balaban J connectivity index is 2.09. The molecule has 1 aromatic rings. The molecule has 1 saturated heterocycles. The molecule has 0 bridgehead atoms. The van der Waals surface area contributed by atoms with Crippen LogP contribution in [0.25, 0.3) is 0 Å². The highest BCUT2D eigenvalue weighted by Crippen LogP contribution is 2.32. The van der Waals surface area contributed by atoms with E-state index in [1.807, 2.05) is 12.1 Å². The number of hydrogen-bond donors (Lipinski definition) is 2. The molecule has 0 aliphatic carbocycles. The lowest BCUT2D eigenvalue weighted by atomic mass is 9.82. The first-order chi connectivity index (χ1) is 8.50. The fourth-order valence-corrected chi connectivity index (χ4v) is 2.48. The number of nitrogen functional groups attached to an aromatic ring is 1. The predicted octanol–water partition coefficient (Wildman–Crippen LogP) is 1.77. The van der Waals surface area contributed by atoms with Crippen LogP contribution in [-0.2, 0) is 11.2 Å². The van der Waals surface area contributed by atoms with E-state index < -0.39 is 5.60 Å². The predicted molar refractivity (Wildman–Crippen MR) is 71.1 cm³/mol. The van der Waals surface area contributed by atoms with Gasteiger partial charge in [0.1, 0.15) is 5.82 Å². The van der Waals surface area contributed by atoms with E-state index in [1.54, 1.807) is 6.20 Å². The monoisotopic (exact) mass is 250 g/mol. The highest BCUT2D eigenvalue weighted by atomic mass is 16.5. The third kappa shape index (κ3) is 3.00. The van der Waals surface area contributed by atoms with Crippen LogP contribution in [0.2, 0.25) is 0 Å². The molecule has 1 fully saturated rings. The maximum atomic E-state index is 10.7. The molecular formula is C14H22N2O2. The number of nitrogens with zero attached hydrogens (tertiary/aromatic N) is 1. The normalized spacial score (nSPS) is 28.6. The van der Waals surface area contributed by atoms with Crippen LogP contribution in [0.3, 0.4) is 0 Å². The summed E-state index contributed by atoms with van der Waals surface area (Å²) in [5.41, 5.74) is 6.04. The van der Waals surface area contributed by atoms with E-state index >= 15 is 0 Å². The first-order valence-electron chi connectivity index (χ1n) is 6.53. The van der Waals surface area contributed by atoms with Crippen LogP contribution in [0.1, 0.15) is 32.3 Å². The van der Waals surface area contributed by atoms with Crippen molar-refractivity contribution >= 4 is 5.82 Å². The molecule has 0 saturated carbocycles. The lowest BCUT2D eigenvalue weighted by Crippen LogP contribution is -2.44. The SMILES string of the molecule is CC(C)C1CC(O)(Cc2cccnc2N)CCO1. The first kappa shape index (κ1) is 13.3. The van der Waals surface area contributed by atoms with Gasteiger partial charge in [0, 0.05) is 25.6 Å². The molecule has 0 aromatic carbocycles. The van der Waals surface area contributed by atoms with E-state index in [0.29, 0.717) is 37.6 Å². The van der Waals surface area contributed by atoms with E-state index in [1.165, 1.54) is 0 Å². The van der Waals surface area contributed by atoms with Crippen LogP contribution >= 0.6 is 0 Å². The molecule has 1 aromatic heterocycles. The van der Waals surface area contributed by atoms with Crippen molar-refractivity contribution in [3.05, 3.63) is 23.9 Å². The molecule has 1 aliphatic rings. The fraction of sp³-hybridized carbons (Fsp3) is 0.643. The van der Waals surface area contributed by atoms with Crippen LogP contribution in [-0.4, -0.2) is 28.4 Å². The summed E-state index contributed by atoms with van der Waals surface area (Å²) in [6.07, 6.45) is 3.67. The van der Waals surface area contributed by atoms with Gasteiger partial charge in [0.05, 0.1) is 11.7 Å².